The van der Waals surface area contributed by atoms with Crippen molar-refractivity contribution in [1.82, 2.24) is 0 Å². The quantitative estimate of drug-likeness (QED) is 0.0629. The number of ether oxygens (including phenoxy) is 4. The summed E-state index contributed by atoms with van der Waals surface area (Å²) in [6.07, 6.45) is 7.10. The Morgan fingerprint density at radius 2 is 0.565 bits per heavy atom. The number of carbonyl (C=O) groups excluding carboxylic acids is 4. The van der Waals surface area contributed by atoms with Crippen LogP contribution >= 0.6 is 0 Å². The van der Waals surface area contributed by atoms with Crippen LogP contribution in [0, 0.1) is 285 Å². The van der Waals surface area contributed by atoms with Crippen molar-refractivity contribution in [2.24, 2.45) is 0 Å². The minimum absolute atomic E-state index is 0. The van der Waals surface area contributed by atoms with Gasteiger partial charge in [0.1, 0.15) is 6.11 Å². The van der Waals surface area contributed by atoms with Gasteiger partial charge < -0.3 is 40.2 Å². The second-order valence-electron chi connectivity index (χ2n) is 15.6. The second kappa shape index (κ2) is 40.2. The molecule has 0 spiro atoms. The predicted octanol–water partition coefficient (Wildman–Crippen LogP) is 16.7. The van der Waals surface area contributed by atoms with Gasteiger partial charge in [-0.3, -0.25) is 0 Å². The van der Waals surface area contributed by atoms with E-state index in [1.165, 1.54) is 0 Å². The number of benzene rings is 4. The number of methoxy groups -OCH3 is 1. The molecule has 12 nitrogen and oxygen atoms in total. The molecule has 518 valence electrons. The Morgan fingerprint density at radius 1 is 0.348 bits per heavy atom. The van der Waals surface area contributed by atoms with E-state index < -0.39 is 35.2 Å². The molecule has 4 aromatic rings. The number of nitrogens with one attached hydrogen (secondary N) is 4. The maximum Gasteiger partial charge on any atom is 0.379 e. The second-order valence-corrected chi connectivity index (χ2v) is 15.6. The van der Waals surface area contributed by atoms with E-state index in [4.69, 9.17) is 25.4 Å². The number of hydrogen-bond acceptors (Lipinski definition) is 12. The average molecular weight is 1280 g/mol. The van der Waals surface area contributed by atoms with Gasteiger partial charge in [0.05, 0.1) is 20.3 Å². The van der Waals surface area contributed by atoms with Crippen LogP contribution in [0.5, 0.6) is 0 Å². The van der Waals surface area contributed by atoms with Gasteiger partial charge in [0.15, 0.2) is 0 Å². The van der Waals surface area contributed by atoms with E-state index in [0.29, 0.717) is 22.7 Å². The van der Waals surface area contributed by atoms with Crippen LogP contribution in [-0.4, -0.2) is 55.5 Å². The highest BCUT2D eigenvalue weighted by Crippen LogP contribution is 2.40. The average Bonchev–Trinajstić information content (AvgIpc) is 0.748. The molecule has 4 aromatic carbocycles. The molecule has 4 N–H and O–H groups in total. The van der Waals surface area contributed by atoms with Gasteiger partial charge in [-0.1, -0.05) is 56.0 Å². The monoisotopic (exact) mass is 1270 g/mol. The van der Waals surface area contributed by atoms with Crippen LogP contribution in [0.4, 0.5) is 22.7 Å². The van der Waals surface area contributed by atoms with Crippen molar-refractivity contribution in [3.05, 3.63) is 72.8 Å². The molecule has 0 amide bonds. The molecule has 0 bridgehead atoms. The van der Waals surface area contributed by atoms with E-state index in [2.05, 4.69) is 300 Å². The van der Waals surface area contributed by atoms with Gasteiger partial charge in [-0.15, -0.1) is 6.42 Å². The number of esters is 4. The first-order valence-electron chi connectivity index (χ1n) is 25.5. The smallest absolute Gasteiger partial charge is 0.379 e. The highest BCUT2D eigenvalue weighted by molar-refractivity contribution is 6.18. The summed E-state index contributed by atoms with van der Waals surface area (Å²) in [5.41, 5.74) is -1.42. The molecule has 0 radical (unpaired) electrons. The molecule has 0 fully saturated rings. The first-order chi connectivity index (χ1) is 44.7. The molecule has 0 unspecified atom stereocenters. The number of anilines is 4. The van der Waals surface area contributed by atoms with Crippen LogP contribution in [0.1, 0.15) is 89.8 Å². The Bertz CT molecular complexity index is 5430. The Morgan fingerprint density at radius 3 is 0.783 bits per heavy atom. The first-order valence-corrected chi connectivity index (χ1v) is 25.5. The molecular formula is C80H130N4O8. The van der Waals surface area contributed by atoms with Gasteiger partial charge in [-0.2, -0.15) is 0 Å². The fourth-order valence-corrected chi connectivity index (χ4v) is 6.73. The van der Waals surface area contributed by atoms with Crippen molar-refractivity contribution >= 4 is 68.2 Å². The Kier molecular flexibility index (Phi) is 29.9. The summed E-state index contributed by atoms with van der Waals surface area (Å²) in [7, 11) is 1.15. The molecule has 0 saturated carbocycles. The van der Waals surface area contributed by atoms with E-state index in [9.17, 15) is 19.2 Å². The number of rotatable bonds is 6. The normalized spacial score (nSPS) is 9.02. The van der Waals surface area contributed by atoms with Gasteiger partial charge in [0.2, 0.25) is 0 Å². The standard InChI is InChI=1S/C62H12N2O4.C17H18N2O4.CH4.48H2/c1-3-4-5-6-7-8-9-10-11-12-13-14-15-16-17-18-19-20-21-22-23-24-25-26-27-28-29-30-31-32-33-34-35-36-37-38-39-40-41-42-43-44-45-46-47-48-55-68-61(66)62(60(65)67-2)63-57-53-49-51-56-52-50-54-58(64-62)59(56)57;1-3-22-15(20)17(16(21)23-4-2)18-12-9-5-7-11-8-6-10-13(19-17)14(11)12;;;;;;;;;;;;;;;;;;;;;;;;;;;;;;;;;;;;;;;;;;;;;;;;;/h1,49-54,63-64H,2H3;5-10,18-19H,3-4H2,1-2H3;1H4;48*1H. The van der Waals surface area contributed by atoms with E-state index in [1.807, 2.05) is 48.5 Å². The molecule has 0 aliphatic carbocycles. The zero-order chi connectivity index (χ0) is 64.7. The van der Waals surface area contributed by atoms with Crippen molar-refractivity contribution in [3.8, 4) is 285 Å². The molecule has 2 aliphatic heterocycles. The lowest BCUT2D eigenvalue weighted by Crippen LogP contribution is -2.62. The number of hydrogen-bond donors (Lipinski definition) is 4. The maximum atomic E-state index is 13.0. The molecular weight excluding hydrogens is 1140 g/mol. The lowest BCUT2D eigenvalue weighted by molar-refractivity contribution is -0.161. The van der Waals surface area contributed by atoms with Crippen LogP contribution in [0.2, 0.25) is 0 Å². The molecule has 12 heteroatoms. The minimum Gasteiger partial charge on any atom is -0.465 e. The number of terminal acetylenes is 1. The predicted molar refractivity (Wildman–Crippen MR) is 455 cm³/mol. The number of carbonyl (C=O) groups is 4. The zero-order valence-electron chi connectivity index (χ0n) is 47.7. The maximum absolute atomic E-state index is 13.0. The Labute approximate surface area is 606 Å². The van der Waals surface area contributed by atoms with Crippen LogP contribution < -0.4 is 21.3 Å². The lowest BCUT2D eigenvalue weighted by Gasteiger charge is -2.36. The van der Waals surface area contributed by atoms with Crippen molar-refractivity contribution in [2.45, 2.75) is 32.6 Å². The molecule has 6 rings (SSSR count). The third-order valence-corrected chi connectivity index (χ3v) is 10.1. The molecule has 0 atom stereocenters. The van der Waals surface area contributed by atoms with E-state index >= 15 is 0 Å². The van der Waals surface area contributed by atoms with Crippen molar-refractivity contribution in [3.63, 3.8) is 0 Å². The summed E-state index contributed by atoms with van der Waals surface area (Å²) >= 11 is 0. The fraction of sp³-hybridized carbons (Fsp3) is 0.100. The summed E-state index contributed by atoms with van der Waals surface area (Å²) in [5, 5.41) is 15.4. The van der Waals surface area contributed by atoms with Gasteiger partial charge in [0, 0.05) is 327 Å². The summed E-state index contributed by atoms with van der Waals surface area (Å²) in [6.45, 7) is 3.70. The molecule has 0 aromatic heterocycles. The molecule has 92 heavy (non-hydrogen) atoms. The Balaban J connectivity index is -0.0000000262. The highest BCUT2D eigenvalue weighted by Gasteiger charge is 2.53. The zero-order valence-corrected chi connectivity index (χ0v) is 47.7. The van der Waals surface area contributed by atoms with Crippen molar-refractivity contribution in [2.75, 3.05) is 41.6 Å². The highest BCUT2D eigenvalue weighted by atomic mass is 16.6. The first kappa shape index (κ1) is 68.4. The van der Waals surface area contributed by atoms with Crippen LogP contribution in [0.25, 0.3) is 21.5 Å². The minimum atomic E-state index is -2.07. The van der Waals surface area contributed by atoms with Gasteiger partial charge in [-0.05, 0) is 96.2 Å². The van der Waals surface area contributed by atoms with Gasteiger partial charge in [0.25, 0.3) is 0 Å². The Hall–Kier alpha value is -16.1. The van der Waals surface area contributed by atoms with E-state index in [-0.39, 0.29) is 89.1 Å². The summed E-state index contributed by atoms with van der Waals surface area (Å²) < 4.78 is 20.1. The largest absolute Gasteiger partial charge is 0.465 e. The fourth-order valence-electron chi connectivity index (χ4n) is 6.73. The third kappa shape index (κ3) is 22.2. The summed E-state index contributed by atoms with van der Waals surface area (Å²) in [4.78, 5) is 50.8. The molecule has 2 heterocycles. The summed E-state index contributed by atoms with van der Waals surface area (Å²) in [5.74, 6) is 110. The lowest BCUT2D eigenvalue weighted by atomic mass is 9.99. The van der Waals surface area contributed by atoms with Crippen LogP contribution in [0.15, 0.2) is 72.8 Å². The SMILES string of the molecule is C.C#CC#CC#CC#CC#CC#CC#CC#CC#CC#CC#CC#CC#CC#CC#CC#CC#CC#CC#CC#CC#CC#CC#CC#COC(=O)C1(C(=O)OC)Nc2cccc3cccc(c23)N1.CCOC(=O)C1(C(=O)OCC)Nc2cccc3cccc(c23)N1.[HH].[HH].[HH].[HH].[HH].[HH].[HH].[HH].[HH].[HH].[HH].[HH].[HH].[HH].[HH].[HH].[HH].[HH].[HH].[HH].[HH].[HH].[HH].[HH].[HH].[HH].[HH].[HH].[HH].[HH].[HH].[HH].[HH].[HH].[HH].[HH].[HH].[HH].[HH].[HH].[HH].[HH].[HH].[HH].[HH].[HH].[HH].[HH]. The third-order valence-electron chi connectivity index (χ3n) is 10.1. The van der Waals surface area contributed by atoms with Gasteiger partial charge in [-0.25, -0.2) is 19.2 Å². The van der Waals surface area contributed by atoms with Crippen LogP contribution in [0.3, 0.4) is 0 Å². The van der Waals surface area contributed by atoms with Crippen molar-refractivity contribution in [1.29, 1.82) is 0 Å². The van der Waals surface area contributed by atoms with Crippen molar-refractivity contribution < 1.29 is 107 Å². The van der Waals surface area contributed by atoms with Gasteiger partial charge >= 0.3 is 35.2 Å². The topological polar surface area (TPSA) is 153 Å². The van der Waals surface area contributed by atoms with E-state index in [1.54, 1.807) is 38.1 Å². The van der Waals surface area contributed by atoms with Crippen LogP contribution in [-0.2, 0) is 38.1 Å². The van der Waals surface area contributed by atoms with E-state index in [0.717, 1.165) is 28.7 Å². The molecule has 2 aliphatic rings. The summed E-state index contributed by atoms with van der Waals surface area (Å²) in [6, 6.07) is 22.1. The molecule has 0 saturated heterocycles.